The number of piperidine rings is 2. The molecule has 432 valence electrons. The van der Waals surface area contributed by atoms with Crippen LogP contribution in [0.4, 0.5) is 23.3 Å². The number of fused-ring (bicyclic) bond motifs is 4. The summed E-state index contributed by atoms with van der Waals surface area (Å²) in [4.78, 5) is 37.7. The number of ether oxygens (including phenoxy) is 1. The predicted octanol–water partition coefficient (Wildman–Crippen LogP) is 5.30. The number of sulfonamides is 1. The molecule has 25 heteroatoms. The van der Waals surface area contributed by atoms with Gasteiger partial charge in [-0.15, -0.1) is 10.2 Å². The summed E-state index contributed by atoms with van der Waals surface area (Å²) in [6, 6.07) is 5.73. The van der Waals surface area contributed by atoms with Gasteiger partial charge in [-0.25, -0.2) is 26.6 Å². The minimum absolute atomic E-state index is 0.00336. The zero-order chi connectivity index (χ0) is 55.7. The molecule has 4 fully saturated rings. The summed E-state index contributed by atoms with van der Waals surface area (Å²) < 4.78 is 59.2. The third-order valence-electron chi connectivity index (χ3n) is 17.7. The largest absolute Gasteiger partial charge is 0.359 e. The fourth-order valence-corrected chi connectivity index (χ4v) is 15.7. The number of aromatic nitrogens is 6. The van der Waals surface area contributed by atoms with Crippen LogP contribution in [-0.2, 0) is 91.5 Å². The zero-order valence-electron chi connectivity index (χ0n) is 46.8. The lowest BCUT2D eigenvalue weighted by Gasteiger charge is -2.44. The van der Waals surface area contributed by atoms with Gasteiger partial charge >= 0.3 is 0 Å². The van der Waals surface area contributed by atoms with Crippen LogP contribution in [0.2, 0.25) is 25.7 Å². The highest BCUT2D eigenvalue weighted by Gasteiger charge is 2.48. The molecule has 8 aliphatic rings. The molecule has 0 bridgehead atoms. The second kappa shape index (κ2) is 23.7. The number of likely N-dealkylation sites (N-methyl/N-ethyl adjacent to an activating group) is 2. The van der Waals surface area contributed by atoms with Gasteiger partial charge in [0.25, 0.3) is 29.4 Å². The number of hydrogen-bond donors (Lipinski definition) is 6. The van der Waals surface area contributed by atoms with Crippen molar-refractivity contribution in [3.63, 3.8) is 0 Å². The van der Waals surface area contributed by atoms with E-state index in [0.717, 1.165) is 153 Å². The highest BCUT2D eigenvalue weighted by atomic mass is 35.7. The lowest BCUT2D eigenvalue weighted by molar-refractivity contribution is -0.134. The topological polar surface area (TPSA) is 254 Å². The van der Waals surface area contributed by atoms with Crippen molar-refractivity contribution in [1.82, 2.24) is 60.0 Å². The Hall–Kier alpha value is -4.53. The zero-order valence-corrected chi connectivity index (χ0v) is 50.2. The number of amides is 2. The van der Waals surface area contributed by atoms with Gasteiger partial charge in [-0.2, -0.15) is 14.3 Å². The number of carbonyl (C=O) groups excluding carboxylic acids is 2. The quantitative estimate of drug-likeness (QED) is 0.0598. The van der Waals surface area contributed by atoms with Crippen LogP contribution in [0.1, 0.15) is 109 Å². The number of nitrogens with zero attached hydrogens (tertiary/aromatic N) is 8. The summed E-state index contributed by atoms with van der Waals surface area (Å²) in [5.41, 5.74) is 12.1. The molecule has 2 aromatic carbocycles. The third-order valence-corrected chi connectivity index (χ3v) is 22.2. The Labute approximate surface area is 471 Å². The molecule has 0 atom stereocenters. The van der Waals surface area contributed by atoms with Crippen molar-refractivity contribution in [2.24, 2.45) is 0 Å². The minimum Gasteiger partial charge on any atom is -0.359 e. The average Bonchev–Trinajstić information content (AvgIpc) is 4.53. The first kappa shape index (κ1) is 57.7. The summed E-state index contributed by atoms with van der Waals surface area (Å²) in [5, 5.41) is 26.6. The standard InChI is InChI=1S/C24H33N7O3S.C20H29ClN4O3SSi.C10H19N3O/c1-30-12-4-11-25-21(32)24(30)9-13-31(14-10-24)35(33,34)23-27-22(28-29-23)26-20-18-7-2-5-16(18)15-17-6-3-8-19(17)20;1-30(2,3)11-10-28-13-25-19(23-20(24-25)29(21,26)27)22-18-16-8-4-6-14(16)12-15-7-5-9-17(15)18;1-13-8-2-5-12-9(14)10(13)3-6-11-7-4-10/h15H,2-14H2,1H3,(H,25,32)(H2,26,27,28,29);12H,4-11,13H2,1-3H3,(H,22,23,24);11H,2-8H2,1H3,(H,12,14). The van der Waals surface area contributed by atoms with Crippen LogP contribution in [-0.4, -0.2) is 165 Å². The van der Waals surface area contributed by atoms with Crippen molar-refractivity contribution < 1.29 is 31.2 Å². The summed E-state index contributed by atoms with van der Waals surface area (Å²) >= 11 is 0. The molecular weight excluding hydrogens is 1080 g/mol. The van der Waals surface area contributed by atoms with Gasteiger partial charge in [-0.05, 0) is 193 Å². The van der Waals surface area contributed by atoms with Crippen LogP contribution in [0.5, 0.6) is 0 Å². The Kier molecular flexibility index (Phi) is 17.3. The molecule has 4 aliphatic heterocycles. The highest BCUT2D eigenvalue weighted by Crippen LogP contribution is 2.42. The lowest BCUT2D eigenvalue weighted by Crippen LogP contribution is -2.61. The molecule has 6 heterocycles. The molecule has 4 saturated heterocycles. The van der Waals surface area contributed by atoms with Gasteiger partial charge in [0, 0.05) is 76.0 Å². The highest BCUT2D eigenvalue weighted by molar-refractivity contribution is 8.13. The molecule has 0 radical (unpaired) electrons. The molecule has 2 amide bonds. The Bertz CT molecular complexity index is 3070. The molecule has 2 spiro atoms. The summed E-state index contributed by atoms with van der Waals surface area (Å²) in [6.45, 7) is 13.4. The molecule has 79 heavy (non-hydrogen) atoms. The van der Waals surface area contributed by atoms with Crippen molar-refractivity contribution in [1.29, 1.82) is 0 Å². The SMILES string of the molecule is CN1CCCNC(=O)C12CCN(S(=O)(=O)c1nc(Nc3c4c(cc5c3CCC5)CCC4)n[nH]1)CC2.CN1CCCNC(=O)C12CCNCC2.C[Si](C)(C)CCOCn1nc(S(=O)(=O)Cl)nc1Nc1c2c(cc3c1CCC3)CCC2. The summed E-state index contributed by atoms with van der Waals surface area (Å²) in [5.74, 6) is 0.883. The van der Waals surface area contributed by atoms with E-state index in [9.17, 15) is 26.4 Å². The van der Waals surface area contributed by atoms with E-state index < -0.39 is 37.8 Å². The number of H-pyrrole nitrogens is 1. The average molecular weight is 1170 g/mol. The van der Waals surface area contributed by atoms with E-state index in [1.807, 2.05) is 7.05 Å². The van der Waals surface area contributed by atoms with E-state index in [4.69, 9.17) is 15.4 Å². The molecule has 6 N–H and O–H groups in total. The van der Waals surface area contributed by atoms with Gasteiger partial charge in [0.15, 0.2) is 0 Å². The van der Waals surface area contributed by atoms with Crippen LogP contribution in [0, 0.1) is 0 Å². The van der Waals surface area contributed by atoms with E-state index in [0.29, 0.717) is 31.9 Å². The van der Waals surface area contributed by atoms with Crippen LogP contribution < -0.4 is 26.6 Å². The number of nitrogens with one attached hydrogen (secondary N) is 6. The van der Waals surface area contributed by atoms with Gasteiger partial charge in [-0.1, -0.05) is 31.8 Å². The van der Waals surface area contributed by atoms with Crippen LogP contribution in [0.3, 0.4) is 0 Å². The van der Waals surface area contributed by atoms with Crippen LogP contribution in [0.15, 0.2) is 22.4 Å². The maximum atomic E-state index is 13.4. The number of halogens is 1. The molecule has 4 aromatic rings. The maximum absolute atomic E-state index is 13.4. The predicted molar refractivity (Wildman–Crippen MR) is 307 cm³/mol. The van der Waals surface area contributed by atoms with Gasteiger partial charge in [-0.3, -0.25) is 19.4 Å². The molecule has 0 unspecified atom stereocenters. The van der Waals surface area contributed by atoms with E-state index in [2.05, 4.69) is 100 Å². The van der Waals surface area contributed by atoms with Gasteiger partial charge in [0.1, 0.15) is 17.8 Å². The maximum Gasteiger partial charge on any atom is 0.298 e. The third kappa shape index (κ3) is 12.3. The Morgan fingerprint density at radius 2 is 1.15 bits per heavy atom. The van der Waals surface area contributed by atoms with E-state index in [1.54, 1.807) is 0 Å². The van der Waals surface area contributed by atoms with Crippen molar-refractivity contribution in [3.05, 3.63) is 56.6 Å². The van der Waals surface area contributed by atoms with Crippen molar-refractivity contribution in [2.75, 3.05) is 83.7 Å². The first-order valence-corrected chi connectivity index (χ1v) is 36.2. The van der Waals surface area contributed by atoms with E-state index in [1.165, 1.54) is 53.5 Å². The fraction of sp³-hybridized carbons (Fsp3) is 0.667. The minimum atomic E-state index is -4.03. The number of benzene rings is 2. The Morgan fingerprint density at radius 1 is 0.658 bits per heavy atom. The monoisotopic (exact) mass is 1160 g/mol. The van der Waals surface area contributed by atoms with Crippen LogP contribution in [0.25, 0.3) is 0 Å². The molecule has 12 rings (SSSR count). The van der Waals surface area contributed by atoms with Crippen molar-refractivity contribution in [3.8, 4) is 0 Å². The molecule has 0 saturated carbocycles. The molecule has 2 aromatic heterocycles. The molecule has 21 nitrogen and oxygen atoms in total. The Balaban J connectivity index is 0.000000145. The first-order valence-electron chi connectivity index (χ1n) is 28.7. The van der Waals surface area contributed by atoms with Crippen molar-refractivity contribution >= 4 is 72.9 Å². The summed E-state index contributed by atoms with van der Waals surface area (Å²) in [6.07, 6.45) is 17.8. The second-order valence-electron chi connectivity index (χ2n) is 24.0. The first-order chi connectivity index (χ1) is 37.8. The molecule has 4 aliphatic carbocycles. The second-order valence-corrected chi connectivity index (χ2v) is 33.9. The number of aryl methyl sites for hydroxylation is 4. The van der Waals surface area contributed by atoms with Gasteiger partial charge in [0.05, 0.1) is 0 Å². The molecular formula is C54H81ClN14O7S2Si. The van der Waals surface area contributed by atoms with Gasteiger partial charge in [0.2, 0.25) is 23.7 Å². The van der Waals surface area contributed by atoms with Crippen LogP contribution >= 0.6 is 10.7 Å². The van der Waals surface area contributed by atoms with Crippen molar-refractivity contribution in [2.45, 2.75) is 169 Å². The van der Waals surface area contributed by atoms with E-state index >= 15 is 0 Å². The number of rotatable bonds is 12. The smallest absolute Gasteiger partial charge is 0.298 e. The lowest BCUT2D eigenvalue weighted by atomic mass is 9.86. The number of hydrogen-bond acceptors (Lipinski definition) is 16. The van der Waals surface area contributed by atoms with E-state index in [-0.39, 0.29) is 48.3 Å². The fourth-order valence-electron chi connectivity index (χ4n) is 13.1. The van der Waals surface area contributed by atoms with Gasteiger partial charge < -0.3 is 31.3 Å². The number of carbonyl (C=O) groups is 2. The number of aromatic amines is 1. The summed E-state index contributed by atoms with van der Waals surface area (Å²) in [7, 11) is 0.469. The normalized spacial score (nSPS) is 21.1. The number of anilines is 4. The Morgan fingerprint density at radius 3 is 1.65 bits per heavy atom.